The maximum Gasteiger partial charge on any atom is 0.310 e. The summed E-state index contributed by atoms with van der Waals surface area (Å²) in [6.45, 7) is 14.4. The van der Waals surface area contributed by atoms with Crippen molar-refractivity contribution in [1.29, 1.82) is 0 Å². The Bertz CT molecular complexity index is 907. The molecular formula is C30H48O4. The van der Waals surface area contributed by atoms with Crippen LogP contribution in [0.2, 0.25) is 0 Å². The van der Waals surface area contributed by atoms with E-state index in [1.54, 1.807) is 0 Å². The summed E-state index contributed by atoms with van der Waals surface area (Å²) in [4.78, 5) is 12.8. The molecule has 192 valence electrons. The van der Waals surface area contributed by atoms with E-state index in [0.29, 0.717) is 18.3 Å². The van der Waals surface area contributed by atoms with Gasteiger partial charge in [-0.1, -0.05) is 53.2 Å². The molecule has 34 heavy (non-hydrogen) atoms. The quantitative estimate of drug-likeness (QED) is 0.418. The predicted molar refractivity (Wildman–Crippen MR) is 134 cm³/mol. The number of carboxylic acid groups (broad SMARTS) is 1. The van der Waals surface area contributed by atoms with Crippen molar-refractivity contribution >= 4 is 5.97 Å². The first-order chi connectivity index (χ1) is 15.7. The minimum Gasteiger partial charge on any atom is -0.481 e. The van der Waals surface area contributed by atoms with Gasteiger partial charge >= 0.3 is 5.97 Å². The molecule has 4 nitrogen and oxygen atoms in total. The van der Waals surface area contributed by atoms with Crippen LogP contribution in [0.1, 0.15) is 106 Å². The van der Waals surface area contributed by atoms with Crippen molar-refractivity contribution in [1.82, 2.24) is 0 Å². The van der Waals surface area contributed by atoms with Gasteiger partial charge in [-0.25, -0.2) is 0 Å². The molecule has 9 atom stereocenters. The minimum atomic E-state index is -0.665. The predicted octanol–water partition coefficient (Wildman–Crippen LogP) is 6.21. The van der Waals surface area contributed by atoms with Crippen LogP contribution in [0, 0.1) is 50.2 Å². The van der Waals surface area contributed by atoms with E-state index in [4.69, 9.17) is 0 Å². The average molecular weight is 473 g/mol. The summed E-state index contributed by atoms with van der Waals surface area (Å²) < 4.78 is 0. The number of rotatable bonds is 2. The normalized spacial score (nSPS) is 54.1. The van der Waals surface area contributed by atoms with E-state index < -0.39 is 11.4 Å². The largest absolute Gasteiger partial charge is 0.481 e. The number of hydrogen-bond donors (Lipinski definition) is 3. The smallest absolute Gasteiger partial charge is 0.310 e. The van der Waals surface area contributed by atoms with Gasteiger partial charge in [-0.2, -0.15) is 0 Å². The number of aliphatic hydroxyl groups is 2. The first kappa shape index (κ1) is 24.8. The third-order valence-electron chi connectivity index (χ3n) is 13.3. The maximum absolute atomic E-state index is 12.8. The monoisotopic (exact) mass is 472 g/mol. The number of hydrogen-bond acceptors (Lipinski definition) is 3. The summed E-state index contributed by atoms with van der Waals surface area (Å²) in [6, 6.07) is 0. The summed E-state index contributed by atoms with van der Waals surface area (Å²) >= 11 is 0. The molecule has 4 heteroatoms. The Balaban J connectivity index is 1.60. The average Bonchev–Trinajstić information content (AvgIpc) is 2.77. The lowest BCUT2D eigenvalue weighted by Gasteiger charge is -2.71. The molecule has 0 radical (unpaired) electrons. The van der Waals surface area contributed by atoms with Crippen LogP contribution in [0.3, 0.4) is 0 Å². The first-order valence-corrected chi connectivity index (χ1v) is 13.9. The number of carboxylic acids is 1. The Morgan fingerprint density at radius 2 is 1.62 bits per heavy atom. The molecule has 0 aromatic heterocycles. The number of carbonyl (C=O) groups is 1. The second-order valence-corrected chi connectivity index (χ2v) is 14.9. The van der Waals surface area contributed by atoms with E-state index in [9.17, 15) is 20.1 Å². The van der Waals surface area contributed by atoms with Crippen molar-refractivity contribution in [3.8, 4) is 0 Å². The lowest BCUT2D eigenvalue weighted by Crippen LogP contribution is -2.65. The molecule has 3 N–H and O–H groups in total. The van der Waals surface area contributed by atoms with Crippen molar-refractivity contribution < 1.29 is 20.1 Å². The fraction of sp³-hybridized carbons (Fsp3) is 0.900. The highest BCUT2D eigenvalue weighted by atomic mass is 16.4. The zero-order chi connectivity index (χ0) is 24.9. The Labute approximate surface area is 206 Å². The third-order valence-corrected chi connectivity index (χ3v) is 13.3. The summed E-state index contributed by atoms with van der Waals surface area (Å²) in [6.07, 6.45) is 11.6. The summed E-state index contributed by atoms with van der Waals surface area (Å²) in [5.74, 6) is 0.493. The van der Waals surface area contributed by atoms with Crippen molar-refractivity contribution in [2.75, 3.05) is 6.61 Å². The van der Waals surface area contributed by atoms with Gasteiger partial charge in [-0.15, -0.1) is 0 Å². The van der Waals surface area contributed by atoms with E-state index in [1.165, 1.54) is 5.57 Å². The van der Waals surface area contributed by atoms with Gasteiger partial charge in [0.15, 0.2) is 0 Å². The maximum atomic E-state index is 12.8. The number of aliphatic carboxylic acids is 1. The van der Waals surface area contributed by atoms with Crippen LogP contribution in [0.4, 0.5) is 0 Å². The molecule has 0 saturated heterocycles. The van der Waals surface area contributed by atoms with Crippen LogP contribution in [0.5, 0.6) is 0 Å². The molecule has 5 aliphatic rings. The lowest BCUT2D eigenvalue weighted by molar-refractivity contribution is -0.206. The van der Waals surface area contributed by atoms with Crippen molar-refractivity contribution in [2.24, 2.45) is 50.2 Å². The molecule has 0 spiro atoms. The second-order valence-electron chi connectivity index (χ2n) is 14.9. The van der Waals surface area contributed by atoms with Gasteiger partial charge in [0.25, 0.3) is 0 Å². The zero-order valence-electron chi connectivity index (χ0n) is 22.4. The molecule has 0 aliphatic heterocycles. The van der Waals surface area contributed by atoms with Crippen LogP contribution in [0.25, 0.3) is 0 Å². The van der Waals surface area contributed by atoms with Crippen molar-refractivity contribution in [2.45, 2.75) is 112 Å². The SMILES string of the molecule is CC1(C)[C@@H](O)CC[C@]2(C)[C@H]3CC=C4[C@@H]5C[C@@](C)(CO)CC[C@]5(C(=O)O)CC[C@@]4(C)[C@]3(C)CC[C@@H]12. The highest BCUT2D eigenvalue weighted by molar-refractivity contribution is 5.76. The van der Waals surface area contributed by atoms with Crippen LogP contribution < -0.4 is 0 Å². The molecule has 4 saturated carbocycles. The second kappa shape index (κ2) is 7.34. The van der Waals surface area contributed by atoms with Crippen LogP contribution in [-0.2, 0) is 4.79 Å². The van der Waals surface area contributed by atoms with E-state index in [1.807, 2.05) is 0 Å². The summed E-state index contributed by atoms with van der Waals surface area (Å²) in [5, 5.41) is 31.6. The molecule has 0 amide bonds. The molecule has 4 fully saturated rings. The van der Waals surface area contributed by atoms with Crippen LogP contribution in [0.15, 0.2) is 11.6 Å². The summed E-state index contributed by atoms with van der Waals surface area (Å²) in [7, 11) is 0. The molecular weight excluding hydrogens is 424 g/mol. The van der Waals surface area contributed by atoms with E-state index in [0.717, 1.165) is 57.8 Å². The van der Waals surface area contributed by atoms with Gasteiger partial charge in [-0.05, 0) is 109 Å². The molecule has 0 aromatic rings. The van der Waals surface area contributed by atoms with E-state index >= 15 is 0 Å². The van der Waals surface area contributed by atoms with Crippen molar-refractivity contribution in [3.05, 3.63) is 11.6 Å². The Hall–Kier alpha value is -0.870. The Morgan fingerprint density at radius 1 is 0.941 bits per heavy atom. The molecule has 5 aliphatic carbocycles. The third kappa shape index (κ3) is 2.88. The van der Waals surface area contributed by atoms with Gasteiger partial charge in [-0.3, -0.25) is 4.79 Å². The molecule has 0 bridgehead atoms. The zero-order valence-corrected chi connectivity index (χ0v) is 22.4. The fourth-order valence-corrected chi connectivity index (χ4v) is 10.7. The molecule has 5 rings (SSSR count). The lowest BCUT2D eigenvalue weighted by atomic mass is 9.33. The van der Waals surface area contributed by atoms with Crippen LogP contribution in [-0.4, -0.2) is 34.0 Å². The standard InChI is InChI=1S/C30H48O4/c1-25(2)21-9-12-29(6)22(27(21,4)11-10-23(25)32)8-7-19-20-17-26(3,18-31)13-15-30(20,24(33)34)16-14-28(19,29)5/h7,20-23,31-32H,8-18H2,1-6H3,(H,33,34)/t20-,21-,22+,23-,26-,27-,28+,29+,30-/m0/s1. The number of fused-ring (bicyclic) bond motifs is 7. The van der Waals surface area contributed by atoms with Gasteiger partial charge in [0, 0.05) is 6.61 Å². The minimum absolute atomic E-state index is 0.00141. The van der Waals surface area contributed by atoms with Gasteiger partial charge < -0.3 is 15.3 Å². The van der Waals surface area contributed by atoms with Crippen LogP contribution >= 0.6 is 0 Å². The topological polar surface area (TPSA) is 77.8 Å². The fourth-order valence-electron chi connectivity index (χ4n) is 10.7. The highest BCUT2D eigenvalue weighted by Gasteiger charge is 2.69. The number of aliphatic hydroxyl groups excluding tert-OH is 2. The number of allylic oxidation sites excluding steroid dienone is 2. The Morgan fingerprint density at radius 3 is 2.26 bits per heavy atom. The summed E-state index contributed by atoms with van der Waals surface area (Å²) in [5.41, 5.74) is 0.844. The van der Waals surface area contributed by atoms with Crippen molar-refractivity contribution in [3.63, 3.8) is 0 Å². The van der Waals surface area contributed by atoms with E-state index in [2.05, 4.69) is 47.6 Å². The molecule has 0 unspecified atom stereocenters. The Kier molecular flexibility index (Phi) is 5.36. The highest BCUT2D eigenvalue weighted by Crippen LogP contribution is 2.75. The first-order valence-electron chi connectivity index (χ1n) is 13.9. The van der Waals surface area contributed by atoms with E-state index in [-0.39, 0.29) is 45.7 Å². The molecule has 0 aromatic carbocycles. The van der Waals surface area contributed by atoms with Gasteiger partial charge in [0.2, 0.25) is 0 Å². The van der Waals surface area contributed by atoms with Gasteiger partial charge in [0.1, 0.15) is 0 Å². The molecule has 0 heterocycles. The van der Waals surface area contributed by atoms with Gasteiger partial charge in [0.05, 0.1) is 11.5 Å².